The van der Waals surface area contributed by atoms with Crippen LogP contribution in [0.3, 0.4) is 0 Å². The lowest BCUT2D eigenvalue weighted by Crippen LogP contribution is -2.41. The molecule has 0 aromatic heterocycles. The third-order valence-corrected chi connectivity index (χ3v) is 3.01. The second-order valence-electron chi connectivity index (χ2n) is 4.84. The monoisotopic (exact) mass is 223 g/mol. The summed E-state index contributed by atoms with van der Waals surface area (Å²) in [5, 5.41) is 0.559. The smallest absolute Gasteiger partial charge is 0.256 e. The van der Waals surface area contributed by atoms with Crippen LogP contribution in [0.1, 0.15) is 36.7 Å². The molecule has 0 radical (unpaired) electrons. The maximum absolute atomic E-state index is 12.1. The molecule has 80 valence electrons. The van der Waals surface area contributed by atoms with E-state index >= 15 is 0 Å². The van der Waals surface area contributed by atoms with Gasteiger partial charge in [0, 0.05) is 12.1 Å². The molecule has 0 spiro atoms. The number of rotatable bonds is 0. The normalized spacial score (nSPS) is 15.7. The first-order chi connectivity index (χ1) is 6.91. The molecule has 2 rings (SSSR count). The molecule has 0 saturated heterocycles. The first-order valence-electron chi connectivity index (χ1n) is 5.00. The van der Waals surface area contributed by atoms with Crippen molar-refractivity contribution in [3.05, 3.63) is 34.3 Å². The number of halogens is 1. The highest BCUT2D eigenvalue weighted by atomic mass is 35.5. The lowest BCUT2D eigenvalue weighted by Gasteiger charge is -2.31. The average molecular weight is 224 g/mol. The molecule has 0 aliphatic carbocycles. The van der Waals surface area contributed by atoms with E-state index in [1.54, 1.807) is 6.07 Å². The molecule has 0 bridgehead atoms. The van der Waals surface area contributed by atoms with Crippen molar-refractivity contribution in [1.82, 2.24) is 4.90 Å². The molecule has 0 saturated carbocycles. The fraction of sp³-hybridized carbons (Fsp3) is 0.417. The Morgan fingerprint density at radius 2 is 2.00 bits per heavy atom. The summed E-state index contributed by atoms with van der Waals surface area (Å²) >= 11 is 6.03. The summed E-state index contributed by atoms with van der Waals surface area (Å²) in [6.07, 6.45) is 0. The summed E-state index contributed by atoms with van der Waals surface area (Å²) in [6, 6.07) is 5.62. The van der Waals surface area contributed by atoms with Gasteiger partial charge in [-0.05, 0) is 32.4 Å². The minimum absolute atomic E-state index is 0.0445. The molecule has 0 unspecified atom stereocenters. The van der Waals surface area contributed by atoms with Crippen LogP contribution in [-0.2, 0) is 6.54 Å². The van der Waals surface area contributed by atoms with Gasteiger partial charge in [0.2, 0.25) is 0 Å². The number of carbonyl (C=O) groups is 1. The Kier molecular flexibility index (Phi) is 2.27. The van der Waals surface area contributed by atoms with Crippen molar-refractivity contribution in [2.24, 2.45) is 0 Å². The predicted octanol–water partition coefficient (Wildman–Crippen LogP) is 3.09. The van der Waals surface area contributed by atoms with E-state index in [0.29, 0.717) is 17.1 Å². The fourth-order valence-electron chi connectivity index (χ4n) is 1.86. The van der Waals surface area contributed by atoms with Crippen LogP contribution >= 0.6 is 11.6 Å². The minimum atomic E-state index is -0.153. The van der Waals surface area contributed by atoms with Crippen LogP contribution in [-0.4, -0.2) is 16.3 Å². The summed E-state index contributed by atoms with van der Waals surface area (Å²) in [4.78, 5) is 14.0. The van der Waals surface area contributed by atoms with Crippen molar-refractivity contribution < 1.29 is 4.79 Å². The Morgan fingerprint density at radius 3 is 2.53 bits per heavy atom. The molecule has 0 fully saturated rings. The Balaban J connectivity index is 2.47. The van der Waals surface area contributed by atoms with Crippen molar-refractivity contribution in [3.63, 3.8) is 0 Å². The van der Waals surface area contributed by atoms with Gasteiger partial charge >= 0.3 is 0 Å². The summed E-state index contributed by atoms with van der Waals surface area (Å²) in [7, 11) is 0. The molecular formula is C12H14ClNO. The number of nitrogens with zero attached hydrogens (tertiary/aromatic N) is 1. The van der Waals surface area contributed by atoms with Crippen LogP contribution in [0.25, 0.3) is 0 Å². The zero-order chi connectivity index (χ0) is 11.2. The van der Waals surface area contributed by atoms with Crippen LogP contribution in [0, 0.1) is 0 Å². The molecule has 2 nitrogen and oxygen atoms in total. The van der Waals surface area contributed by atoms with Gasteiger partial charge in [-0.2, -0.15) is 0 Å². The first-order valence-corrected chi connectivity index (χ1v) is 5.38. The summed E-state index contributed by atoms with van der Waals surface area (Å²) < 4.78 is 0. The van der Waals surface area contributed by atoms with Gasteiger partial charge in [0.15, 0.2) is 0 Å². The quantitative estimate of drug-likeness (QED) is 0.662. The lowest BCUT2D eigenvalue weighted by atomic mass is 10.1. The van der Waals surface area contributed by atoms with Crippen molar-refractivity contribution in [2.75, 3.05) is 0 Å². The Morgan fingerprint density at radius 1 is 1.33 bits per heavy atom. The highest BCUT2D eigenvalue weighted by molar-refractivity contribution is 6.34. The number of hydrogen-bond acceptors (Lipinski definition) is 1. The molecule has 15 heavy (non-hydrogen) atoms. The third kappa shape index (κ3) is 1.63. The van der Waals surface area contributed by atoms with Gasteiger partial charge in [-0.1, -0.05) is 23.7 Å². The largest absolute Gasteiger partial charge is 0.329 e. The van der Waals surface area contributed by atoms with Crippen LogP contribution < -0.4 is 0 Å². The Labute approximate surface area is 94.8 Å². The van der Waals surface area contributed by atoms with Crippen molar-refractivity contribution in [3.8, 4) is 0 Å². The van der Waals surface area contributed by atoms with Crippen molar-refractivity contribution in [2.45, 2.75) is 32.9 Å². The number of amides is 1. The highest BCUT2D eigenvalue weighted by Crippen LogP contribution is 2.32. The lowest BCUT2D eigenvalue weighted by molar-refractivity contribution is 0.0610. The van der Waals surface area contributed by atoms with Crippen molar-refractivity contribution in [1.29, 1.82) is 0 Å². The first kappa shape index (κ1) is 10.5. The molecule has 1 aromatic rings. The molecule has 1 amide bonds. The van der Waals surface area contributed by atoms with E-state index in [-0.39, 0.29) is 11.4 Å². The Hall–Kier alpha value is -1.02. The second-order valence-corrected chi connectivity index (χ2v) is 5.24. The zero-order valence-electron chi connectivity index (χ0n) is 9.17. The number of hydrogen-bond donors (Lipinski definition) is 0. The van der Waals surface area contributed by atoms with Gasteiger partial charge in [0.1, 0.15) is 0 Å². The predicted molar refractivity (Wildman–Crippen MR) is 61.1 cm³/mol. The maximum atomic E-state index is 12.1. The topological polar surface area (TPSA) is 20.3 Å². The van der Waals surface area contributed by atoms with Gasteiger partial charge in [0.05, 0.1) is 10.6 Å². The molecule has 0 N–H and O–H groups in total. The highest BCUT2D eigenvalue weighted by Gasteiger charge is 2.35. The van der Waals surface area contributed by atoms with E-state index in [4.69, 9.17) is 11.6 Å². The van der Waals surface area contributed by atoms with Gasteiger partial charge in [-0.25, -0.2) is 0 Å². The van der Waals surface area contributed by atoms with E-state index in [1.807, 2.05) is 37.8 Å². The number of fused-ring (bicyclic) bond motifs is 1. The minimum Gasteiger partial charge on any atom is -0.329 e. The standard InChI is InChI=1S/C12H14ClNO/c1-12(2,3)14-7-8-5-4-6-9(13)10(8)11(14)15/h4-6H,7H2,1-3H3. The zero-order valence-corrected chi connectivity index (χ0v) is 9.93. The van der Waals surface area contributed by atoms with Crippen LogP contribution in [0.15, 0.2) is 18.2 Å². The second kappa shape index (κ2) is 3.24. The van der Waals surface area contributed by atoms with E-state index in [2.05, 4.69) is 0 Å². The van der Waals surface area contributed by atoms with Gasteiger partial charge in [-0.15, -0.1) is 0 Å². The van der Waals surface area contributed by atoms with E-state index in [9.17, 15) is 4.79 Å². The SMILES string of the molecule is CC(C)(C)N1Cc2cccc(Cl)c2C1=O. The molecule has 1 aliphatic heterocycles. The van der Waals surface area contributed by atoms with E-state index < -0.39 is 0 Å². The third-order valence-electron chi connectivity index (χ3n) is 2.70. The van der Waals surface area contributed by atoms with Crippen LogP contribution in [0.2, 0.25) is 5.02 Å². The van der Waals surface area contributed by atoms with Gasteiger partial charge < -0.3 is 4.90 Å². The Bertz CT molecular complexity index is 420. The van der Waals surface area contributed by atoms with Crippen LogP contribution in [0.5, 0.6) is 0 Å². The molecule has 1 heterocycles. The number of carbonyl (C=O) groups excluding carboxylic acids is 1. The summed E-state index contributed by atoms with van der Waals surface area (Å²) in [6.45, 7) is 6.76. The van der Waals surface area contributed by atoms with Gasteiger partial charge in [0.25, 0.3) is 5.91 Å². The molecule has 3 heteroatoms. The average Bonchev–Trinajstić information content (AvgIpc) is 2.44. The van der Waals surface area contributed by atoms with Gasteiger partial charge in [-0.3, -0.25) is 4.79 Å². The van der Waals surface area contributed by atoms with Crippen molar-refractivity contribution >= 4 is 17.5 Å². The van der Waals surface area contributed by atoms with Crippen LogP contribution in [0.4, 0.5) is 0 Å². The molecular weight excluding hydrogens is 210 g/mol. The molecule has 0 atom stereocenters. The van der Waals surface area contributed by atoms with E-state index in [0.717, 1.165) is 5.56 Å². The summed E-state index contributed by atoms with van der Waals surface area (Å²) in [5.41, 5.74) is 1.55. The van der Waals surface area contributed by atoms with E-state index in [1.165, 1.54) is 0 Å². The molecule has 1 aliphatic rings. The fourth-order valence-corrected chi connectivity index (χ4v) is 2.13. The molecule has 1 aromatic carbocycles. The maximum Gasteiger partial charge on any atom is 0.256 e. The number of benzene rings is 1. The summed E-state index contributed by atoms with van der Waals surface area (Å²) in [5.74, 6) is 0.0445.